The molecular formula is C28H31N10Y-. The third-order valence-electron chi connectivity index (χ3n) is 6.08. The molecule has 0 atom stereocenters. The maximum Gasteiger partial charge on any atom is 0.159 e. The molecule has 39 heavy (non-hydrogen) atoms. The summed E-state index contributed by atoms with van der Waals surface area (Å²) in [6.07, 6.45) is 0. The summed E-state index contributed by atoms with van der Waals surface area (Å²) in [5, 5.41) is 39.4. The van der Waals surface area contributed by atoms with Gasteiger partial charge in [0.15, 0.2) is 5.82 Å². The minimum atomic E-state index is 0. The van der Waals surface area contributed by atoms with Crippen molar-refractivity contribution in [1.82, 2.24) is 15.4 Å². The molecule has 1 heterocycles. The SMILES string of the molecule is CNc1nnnc2cc(C)c(C)cc12.Cc1cc(C#N)c(N=N[NH-])cc1C.Cc1cc(N)c(C#N)cc1C.[Y]. The fourth-order valence-electron chi connectivity index (χ4n) is 3.39. The molecule has 0 spiro atoms. The number of anilines is 2. The van der Waals surface area contributed by atoms with Crippen molar-refractivity contribution in [3.63, 3.8) is 0 Å². The van der Waals surface area contributed by atoms with Crippen LogP contribution in [0.3, 0.4) is 0 Å². The van der Waals surface area contributed by atoms with Gasteiger partial charge in [-0.1, -0.05) is 6.07 Å². The van der Waals surface area contributed by atoms with Gasteiger partial charge in [0.1, 0.15) is 6.07 Å². The molecule has 0 unspecified atom stereocenters. The molecule has 4 aromatic rings. The smallest absolute Gasteiger partial charge is 0.159 e. The molecule has 0 amide bonds. The van der Waals surface area contributed by atoms with Crippen molar-refractivity contribution in [3.05, 3.63) is 86.7 Å². The Kier molecular flexibility index (Phi) is 13.1. The van der Waals surface area contributed by atoms with E-state index >= 15 is 0 Å². The van der Waals surface area contributed by atoms with Crippen molar-refractivity contribution in [1.29, 1.82) is 10.5 Å². The third-order valence-corrected chi connectivity index (χ3v) is 6.08. The fourth-order valence-corrected chi connectivity index (χ4v) is 3.39. The minimum absolute atomic E-state index is 0. The van der Waals surface area contributed by atoms with Gasteiger partial charge >= 0.3 is 0 Å². The number of nitrogens with one attached hydrogen (secondary N) is 2. The van der Waals surface area contributed by atoms with E-state index in [0.29, 0.717) is 22.5 Å². The first-order chi connectivity index (χ1) is 18.1. The number of hydrogen-bond donors (Lipinski definition) is 2. The second kappa shape index (κ2) is 15.4. The van der Waals surface area contributed by atoms with Gasteiger partial charge in [0.2, 0.25) is 0 Å². The molecule has 4 rings (SSSR count). The summed E-state index contributed by atoms with van der Waals surface area (Å²) < 4.78 is 0. The van der Waals surface area contributed by atoms with Gasteiger partial charge in [0, 0.05) is 50.8 Å². The summed E-state index contributed by atoms with van der Waals surface area (Å²) in [6.45, 7) is 11.9. The van der Waals surface area contributed by atoms with Crippen LogP contribution in [0, 0.1) is 64.2 Å². The molecule has 1 radical (unpaired) electrons. The van der Waals surface area contributed by atoms with Crippen molar-refractivity contribution in [2.75, 3.05) is 18.1 Å². The molecule has 3 aromatic carbocycles. The van der Waals surface area contributed by atoms with Gasteiger partial charge in [0.05, 0.1) is 22.7 Å². The van der Waals surface area contributed by atoms with Gasteiger partial charge in [-0.25, -0.2) is 0 Å². The number of fused-ring (bicyclic) bond motifs is 1. The van der Waals surface area contributed by atoms with E-state index in [1.54, 1.807) is 12.1 Å². The van der Waals surface area contributed by atoms with Gasteiger partial charge in [-0.05, 0) is 116 Å². The second-order valence-corrected chi connectivity index (χ2v) is 8.74. The Morgan fingerprint density at radius 1 is 0.769 bits per heavy atom. The summed E-state index contributed by atoms with van der Waals surface area (Å²) in [6, 6.07) is 15.3. The number of nitrogens with two attached hydrogens (primary N) is 1. The van der Waals surface area contributed by atoms with E-state index in [-0.39, 0.29) is 32.7 Å². The van der Waals surface area contributed by atoms with Crippen LogP contribution in [-0.2, 0) is 32.7 Å². The zero-order valence-corrected chi connectivity index (χ0v) is 26.1. The van der Waals surface area contributed by atoms with Crippen molar-refractivity contribution in [3.8, 4) is 12.1 Å². The maximum absolute atomic E-state index is 8.75. The van der Waals surface area contributed by atoms with Gasteiger partial charge in [0.25, 0.3) is 0 Å². The minimum Gasteiger partial charge on any atom is -0.398 e. The van der Waals surface area contributed by atoms with Crippen molar-refractivity contribution >= 4 is 28.1 Å². The molecule has 10 nitrogen and oxygen atoms in total. The quantitative estimate of drug-likeness (QED) is 0.148. The van der Waals surface area contributed by atoms with Gasteiger partial charge in [-0.3, -0.25) is 5.22 Å². The normalized spacial score (nSPS) is 9.77. The van der Waals surface area contributed by atoms with Crippen LogP contribution >= 0.6 is 0 Å². The van der Waals surface area contributed by atoms with E-state index in [4.69, 9.17) is 22.1 Å². The van der Waals surface area contributed by atoms with E-state index in [1.165, 1.54) is 11.1 Å². The Morgan fingerprint density at radius 3 is 1.85 bits per heavy atom. The number of aromatic nitrogens is 3. The number of rotatable bonds is 2. The topological polar surface area (TPSA) is 173 Å². The second-order valence-electron chi connectivity index (χ2n) is 8.74. The average molecular weight is 597 g/mol. The number of nitrogens with zero attached hydrogens (tertiary/aromatic N) is 7. The van der Waals surface area contributed by atoms with Crippen LogP contribution < -0.4 is 11.1 Å². The Morgan fingerprint density at radius 2 is 1.28 bits per heavy atom. The van der Waals surface area contributed by atoms with Gasteiger partial charge < -0.3 is 22.0 Å². The van der Waals surface area contributed by atoms with Crippen molar-refractivity contribution in [2.24, 2.45) is 10.3 Å². The molecule has 4 N–H and O–H groups in total. The number of benzene rings is 3. The third kappa shape index (κ3) is 8.78. The fraction of sp³-hybridized carbons (Fsp3) is 0.250. The van der Waals surface area contributed by atoms with Crippen LogP contribution in [0.15, 0.2) is 46.7 Å². The average Bonchev–Trinajstić information content (AvgIpc) is 2.89. The van der Waals surface area contributed by atoms with Crippen LogP contribution in [-0.4, -0.2) is 22.5 Å². The Labute approximate surface area is 254 Å². The Hall–Kier alpha value is -3.99. The number of nitrogen functional groups attached to an aromatic ring is 1. The first kappa shape index (κ1) is 33.0. The first-order valence-corrected chi connectivity index (χ1v) is 11.7. The van der Waals surface area contributed by atoms with E-state index < -0.39 is 0 Å². The molecule has 0 saturated heterocycles. The van der Waals surface area contributed by atoms with Crippen molar-refractivity contribution < 1.29 is 32.7 Å². The van der Waals surface area contributed by atoms with Crippen LogP contribution in [0.4, 0.5) is 17.2 Å². The molecular weight excluding hydrogens is 565 g/mol. The predicted molar refractivity (Wildman–Crippen MR) is 151 cm³/mol. The number of aryl methyl sites for hydroxylation is 6. The van der Waals surface area contributed by atoms with E-state index in [2.05, 4.69) is 51.0 Å². The summed E-state index contributed by atoms with van der Waals surface area (Å²) in [5.41, 5.74) is 15.3. The zero-order chi connectivity index (χ0) is 28.4. The molecule has 0 aliphatic carbocycles. The molecule has 0 fully saturated rings. The maximum atomic E-state index is 8.75. The van der Waals surface area contributed by atoms with Crippen LogP contribution in [0.5, 0.6) is 0 Å². The summed E-state index contributed by atoms with van der Waals surface area (Å²) >= 11 is 0. The molecule has 0 bridgehead atoms. The largest absolute Gasteiger partial charge is 0.398 e. The summed E-state index contributed by atoms with van der Waals surface area (Å²) in [5.74, 6) is 7.36. The molecule has 0 aliphatic rings. The van der Waals surface area contributed by atoms with Crippen molar-refractivity contribution in [2.45, 2.75) is 41.5 Å². The standard InChI is InChI=1S/C10H12N4.C9H9N4.C9H10N2.Y/c1-6-4-8-9(5-7(6)2)12-14-13-10(8)11-3;1-6-3-8(5-10)9(12-13-11)4-7(6)2;1-6-3-8(5-10)9(11)4-7(6)2;/h4-5H,1-3H3,(H,11,12,13);3-4H,1-2H3,(H-,11,12);3-4H,11H2,1-2H3;/q;-1;;. The van der Waals surface area contributed by atoms with Crippen LogP contribution in [0.25, 0.3) is 16.7 Å². The van der Waals surface area contributed by atoms with E-state index in [0.717, 1.165) is 39.0 Å². The van der Waals surface area contributed by atoms with Gasteiger partial charge in [-0.15, -0.1) is 10.2 Å². The van der Waals surface area contributed by atoms with Crippen LogP contribution in [0.1, 0.15) is 44.5 Å². The van der Waals surface area contributed by atoms with Crippen LogP contribution in [0.2, 0.25) is 0 Å². The molecule has 197 valence electrons. The first-order valence-electron chi connectivity index (χ1n) is 11.7. The molecule has 0 saturated carbocycles. The monoisotopic (exact) mass is 596 g/mol. The zero-order valence-electron chi connectivity index (χ0n) is 23.2. The van der Waals surface area contributed by atoms with E-state index in [9.17, 15) is 0 Å². The van der Waals surface area contributed by atoms with Gasteiger partial charge in [-0.2, -0.15) is 10.5 Å². The molecule has 11 heteroatoms. The molecule has 1 aromatic heterocycles. The van der Waals surface area contributed by atoms with E-state index in [1.807, 2.05) is 65.1 Å². The predicted octanol–water partition coefficient (Wildman–Crippen LogP) is 6.66. The Bertz CT molecular complexity index is 1570. The number of hydrogen-bond acceptors (Lipinski definition) is 9. The summed E-state index contributed by atoms with van der Waals surface area (Å²) in [4.78, 5) is 0. The number of nitriles is 2. The Balaban J connectivity index is 0.000000291. The summed E-state index contributed by atoms with van der Waals surface area (Å²) in [7, 11) is 1.83. The molecule has 0 aliphatic heterocycles.